The highest BCUT2D eigenvalue weighted by atomic mass is 16.3. The zero-order valence-electron chi connectivity index (χ0n) is 10.5. The van der Waals surface area contributed by atoms with Crippen molar-refractivity contribution in [3.8, 4) is 0 Å². The van der Waals surface area contributed by atoms with Gasteiger partial charge in [-0.2, -0.15) is 0 Å². The number of furan rings is 1. The van der Waals surface area contributed by atoms with Gasteiger partial charge in [0.05, 0.1) is 6.26 Å². The summed E-state index contributed by atoms with van der Waals surface area (Å²) in [6.45, 7) is 5.35. The molecule has 0 radical (unpaired) electrons. The van der Waals surface area contributed by atoms with Crippen molar-refractivity contribution in [3.63, 3.8) is 0 Å². The molecule has 1 fully saturated rings. The summed E-state index contributed by atoms with van der Waals surface area (Å²) in [6, 6.07) is 5.18. The number of aryl methyl sites for hydroxylation is 2. The largest absolute Gasteiger partial charge is 0.464 e. The molecule has 3 rings (SSSR count). The SMILES string of the molecule is Cc1cc2occ(CCNC3CC3)c2cc1C. The molecule has 1 aliphatic rings. The van der Waals surface area contributed by atoms with Gasteiger partial charge < -0.3 is 9.73 Å². The summed E-state index contributed by atoms with van der Waals surface area (Å²) < 4.78 is 5.63. The van der Waals surface area contributed by atoms with Crippen molar-refractivity contribution in [2.24, 2.45) is 0 Å². The predicted molar refractivity (Wildman–Crippen MR) is 70.4 cm³/mol. The second-order valence-electron chi connectivity index (χ2n) is 5.17. The average molecular weight is 229 g/mol. The summed E-state index contributed by atoms with van der Waals surface area (Å²) in [5, 5.41) is 4.83. The molecule has 0 aliphatic heterocycles. The Bertz CT molecular complexity index is 537. The predicted octanol–water partition coefficient (Wildman–Crippen LogP) is 3.34. The van der Waals surface area contributed by atoms with Gasteiger partial charge in [0.2, 0.25) is 0 Å². The van der Waals surface area contributed by atoms with E-state index in [-0.39, 0.29) is 0 Å². The van der Waals surface area contributed by atoms with Gasteiger partial charge >= 0.3 is 0 Å². The van der Waals surface area contributed by atoms with Crippen LogP contribution in [0.3, 0.4) is 0 Å². The van der Waals surface area contributed by atoms with Gasteiger partial charge in [-0.1, -0.05) is 0 Å². The molecule has 2 nitrogen and oxygen atoms in total. The maximum Gasteiger partial charge on any atom is 0.134 e. The quantitative estimate of drug-likeness (QED) is 0.869. The smallest absolute Gasteiger partial charge is 0.134 e. The molecule has 2 aromatic rings. The number of rotatable bonds is 4. The fourth-order valence-corrected chi connectivity index (χ4v) is 2.23. The van der Waals surface area contributed by atoms with E-state index < -0.39 is 0 Å². The molecule has 1 aromatic heterocycles. The van der Waals surface area contributed by atoms with E-state index >= 15 is 0 Å². The number of hydrogen-bond donors (Lipinski definition) is 1. The lowest BCUT2D eigenvalue weighted by atomic mass is 10.0. The minimum atomic E-state index is 0.789. The first-order valence-corrected chi connectivity index (χ1v) is 6.45. The first kappa shape index (κ1) is 10.8. The van der Waals surface area contributed by atoms with Gasteiger partial charge in [0.1, 0.15) is 5.58 Å². The minimum absolute atomic E-state index is 0.789. The molecule has 0 saturated heterocycles. The van der Waals surface area contributed by atoms with Crippen LogP contribution < -0.4 is 5.32 Å². The minimum Gasteiger partial charge on any atom is -0.464 e. The Morgan fingerprint density at radius 1 is 1.24 bits per heavy atom. The van der Waals surface area contributed by atoms with Gasteiger partial charge in [0.15, 0.2) is 0 Å². The van der Waals surface area contributed by atoms with Crippen molar-refractivity contribution >= 4 is 11.0 Å². The molecule has 1 heterocycles. The van der Waals surface area contributed by atoms with E-state index in [0.29, 0.717) is 0 Å². The van der Waals surface area contributed by atoms with E-state index in [2.05, 4.69) is 31.3 Å². The van der Waals surface area contributed by atoms with E-state index in [1.165, 1.54) is 34.9 Å². The Labute approximate surface area is 102 Å². The Kier molecular flexibility index (Phi) is 2.67. The van der Waals surface area contributed by atoms with Crippen LogP contribution in [0.1, 0.15) is 29.5 Å². The van der Waals surface area contributed by atoms with Gasteiger partial charge in [-0.05, 0) is 68.5 Å². The molecule has 17 heavy (non-hydrogen) atoms. The summed E-state index contributed by atoms with van der Waals surface area (Å²) in [7, 11) is 0. The monoisotopic (exact) mass is 229 g/mol. The molecule has 0 bridgehead atoms. The second-order valence-corrected chi connectivity index (χ2v) is 5.17. The van der Waals surface area contributed by atoms with Crippen LogP contribution >= 0.6 is 0 Å². The Balaban J connectivity index is 1.80. The summed E-state index contributed by atoms with van der Waals surface area (Å²) in [4.78, 5) is 0. The maximum atomic E-state index is 5.63. The van der Waals surface area contributed by atoms with E-state index in [0.717, 1.165) is 24.6 Å². The highest BCUT2D eigenvalue weighted by molar-refractivity contribution is 5.82. The van der Waals surface area contributed by atoms with Crippen LogP contribution in [0, 0.1) is 13.8 Å². The zero-order valence-corrected chi connectivity index (χ0v) is 10.5. The maximum absolute atomic E-state index is 5.63. The van der Waals surface area contributed by atoms with Gasteiger partial charge in [-0.15, -0.1) is 0 Å². The second kappa shape index (κ2) is 4.19. The third-order valence-corrected chi connectivity index (χ3v) is 3.67. The highest BCUT2D eigenvalue weighted by Crippen LogP contribution is 2.25. The molecule has 1 saturated carbocycles. The summed E-state index contributed by atoms with van der Waals surface area (Å²) >= 11 is 0. The highest BCUT2D eigenvalue weighted by Gasteiger charge is 2.19. The fourth-order valence-electron chi connectivity index (χ4n) is 2.23. The van der Waals surface area contributed by atoms with Gasteiger partial charge in [-0.25, -0.2) is 0 Å². The number of benzene rings is 1. The molecule has 0 spiro atoms. The van der Waals surface area contributed by atoms with Crippen LogP contribution in [0.25, 0.3) is 11.0 Å². The summed E-state index contributed by atoms with van der Waals surface area (Å²) in [5.41, 5.74) is 5.00. The van der Waals surface area contributed by atoms with Crippen molar-refractivity contribution in [1.82, 2.24) is 5.32 Å². The van der Waals surface area contributed by atoms with E-state index in [9.17, 15) is 0 Å². The summed E-state index contributed by atoms with van der Waals surface area (Å²) in [5.74, 6) is 0. The molecular weight excluding hydrogens is 210 g/mol. The van der Waals surface area contributed by atoms with Crippen LogP contribution in [0.15, 0.2) is 22.8 Å². The molecule has 90 valence electrons. The van der Waals surface area contributed by atoms with Crippen molar-refractivity contribution < 1.29 is 4.42 Å². The van der Waals surface area contributed by atoms with Crippen LogP contribution in [0.5, 0.6) is 0 Å². The first-order valence-electron chi connectivity index (χ1n) is 6.45. The third kappa shape index (κ3) is 2.22. The molecule has 0 amide bonds. The Hall–Kier alpha value is -1.28. The van der Waals surface area contributed by atoms with Crippen molar-refractivity contribution in [1.29, 1.82) is 0 Å². The van der Waals surface area contributed by atoms with Crippen molar-refractivity contribution in [3.05, 3.63) is 35.1 Å². The molecule has 2 heteroatoms. The van der Waals surface area contributed by atoms with Crippen LogP contribution in [-0.2, 0) is 6.42 Å². The van der Waals surface area contributed by atoms with E-state index in [1.807, 2.05) is 6.26 Å². The molecule has 1 aliphatic carbocycles. The lowest BCUT2D eigenvalue weighted by Gasteiger charge is -2.02. The fraction of sp³-hybridized carbons (Fsp3) is 0.467. The zero-order chi connectivity index (χ0) is 11.8. The standard InChI is InChI=1S/C15H19NO/c1-10-7-14-12(5-6-16-13-3-4-13)9-17-15(14)8-11(10)2/h7-9,13,16H,3-6H2,1-2H3. The summed E-state index contributed by atoms with van der Waals surface area (Å²) in [6.07, 6.45) is 5.68. The molecule has 1 N–H and O–H groups in total. The topological polar surface area (TPSA) is 25.2 Å². The molecular formula is C15H19NO. The van der Waals surface area contributed by atoms with Crippen LogP contribution in [-0.4, -0.2) is 12.6 Å². The number of fused-ring (bicyclic) bond motifs is 1. The van der Waals surface area contributed by atoms with Gasteiger partial charge in [-0.3, -0.25) is 0 Å². The van der Waals surface area contributed by atoms with Crippen molar-refractivity contribution in [2.75, 3.05) is 6.54 Å². The van der Waals surface area contributed by atoms with Gasteiger partial charge in [0.25, 0.3) is 0 Å². The van der Waals surface area contributed by atoms with E-state index in [4.69, 9.17) is 4.42 Å². The van der Waals surface area contributed by atoms with Crippen LogP contribution in [0.4, 0.5) is 0 Å². The van der Waals surface area contributed by atoms with E-state index in [1.54, 1.807) is 0 Å². The first-order chi connectivity index (χ1) is 8.24. The normalized spacial score (nSPS) is 15.6. The lowest BCUT2D eigenvalue weighted by molar-refractivity contribution is 0.605. The Morgan fingerprint density at radius 2 is 2.00 bits per heavy atom. The van der Waals surface area contributed by atoms with Gasteiger partial charge in [0, 0.05) is 11.4 Å². The van der Waals surface area contributed by atoms with Crippen molar-refractivity contribution in [2.45, 2.75) is 39.2 Å². The number of hydrogen-bond acceptors (Lipinski definition) is 2. The van der Waals surface area contributed by atoms with Crippen LogP contribution in [0.2, 0.25) is 0 Å². The third-order valence-electron chi connectivity index (χ3n) is 3.67. The molecule has 1 aromatic carbocycles. The lowest BCUT2D eigenvalue weighted by Crippen LogP contribution is -2.19. The molecule has 0 unspecified atom stereocenters. The Morgan fingerprint density at radius 3 is 2.76 bits per heavy atom. The number of nitrogens with one attached hydrogen (secondary N) is 1. The average Bonchev–Trinajstić information content (AvgIpc) is 3.05. The molecule has 0 atom stereocenters.